The number of ether oxygens (including phenoxy) is 2. The first-order valence-electron chi connectivity index (χ1n) is 6.75. The van der Waals surface area contributed by atoms with Gasteiger partial charge in [0, 0.05) is 12.1 Å². The van der Waals surface area contributed by atoms with Gasteiger partial charge < -0.3 is 14.8 Å². The molecule has 1 N–H and O–H groups in total. The average Bonchev–Trinajstić information content (AvgIpc) is 2.53. The van der Waals surface area contributed by atoms with Crippen molar-refractivity contribution >= 4 is 5.91 Å². The highest BCUT2D eigenvalue weighted by Gasteiger charge is 2.20. The van der Waals surface area contributed by atoms with E-state index in [1.54, 1.807) is 0 Å². The molecule has 0 unspecified atom stereocenters. The van der Waals surface area contributed by atoms with Gasteiger partial charge in [-0.05, 0) is 30.7 Å². The zero-order valence-corrected chi connectivity index (χ0v) is 11.5. The Labute approximate surface area is 123 Å². The molecular weight excluding hydrogens is 266 g/mol. The third kappa shape index (κ3) is 2.74. The lowest BCUT2D eigenvalue weighted by atomic mass is 10.1. The van der Waals surface area contributed by atoms with E-state index in [1.165, 1.54) is 6.08 Å². The van der Waals surface area contributed by atoms with E-state index in [0.29, 0.717) is 36.0 Å². The maximum Gasteiger partial charge on any atom is 0.243 e. The van der Waals surface area contributed by atoms with Crippen LogP contribution in [0.2, 0.25) is 0 Å². The topological polar surface area (TPSA) is 47.6 Å². The normalized spacial score (nSPS) is 11.4. The maximum atomic E-state index is 11.2. The third-order valence-electron chi connectivity index (χ3n) is 3.22. The first kappa shape index (κ1) is 13.2. The van der Waals surface area contributed by atoms with Crippen LogP contribution in [0.15, 0.2) is 55.1 Å². The molecule has 0 fully saturated rings. The second-order valence-corrected chi connectivity index (χ2v) is 4.64. The monoisotopic (exact) mass is 281 g/mol. The van der Waals surface area contributed by atoms with Gasteiger partial charge in [0.15, 0.2) is 23.0 Å². The van der Waals surface area contributed by atoms with Crippen LogP contribution < -0.4 is 14.8 Å². The lowest BCUT2D eigenvalue weighted by molar-refractivity contribution is -0.116. The summed E-state index contributed by atoms with van der Waals surface area (Å²) >= 11 is 0. The van der Waals surface area contributed by atoms with Crippen molar-refractivity contribution in [3.05, 3.63) is 60.7 Å². The molecule has 2 aromatic carbocycles. The molecule has 2 aromatic rings. The molecule has 1 heterocycles. The molecule has 0 aromatic heterocycles. The predicted molar refractivity (Wildman–Crippen MR) is 79.9 cm³/mol. The van der Waals surface area contributed by atoms with E-state index in [2.05, 4.69) is 11.9 Å². The van der Waals surface area contributed by atoms with Crippen LogP contribution in [0.5, 0.6) is 23.0 Å². The van der Waals surface area contributed by atoms with Crippen LogP contribution in [0.3, 0.4) is 0 Å². The van der Waals surface area contributed by atoms with Gasteiger partial charge in [-0.3, -0.25) is 4.79 Å². The number of fused-ring (bicyclic) bond motifs is 2. The highest BCUT2D eigenvalue weighted by Crippen LogP contribution is 2.46. The lowest BCUT2D eigenvalue weighted by Gasteiger charge is -2.22. The van der Waals surface area contributed by atoms with Crippen molar-refractivity contribution in [1.29, 1.82) is 0 Å². The van der Waals surface area contributed by atoms with Crippen molar-refractivity contribution in [1.82, 2.24) is 5.32 Å². The minimum absolute atomic E-state index is 0.178. The molecule has 21 heavy (non-hydrogen) atoms. The molecule has 0 saturated carbocycles. The van der Waals surface area contributed by atoms with Crippen LogP contribution in [0.1, 0.15) is 5.56 Å². The molecule has 0 spiro atoms. The zero-order valence-electron chi connectivity index (χ0n) is 11.5. The highest BCUT2D eigenvalue weighted by molar-refractivity contribution is 5.86. The fourth-order valence-electron chi connectivity index (χ4n) is 2.19. The molecule has 0 bridgehead atoms. The first-order valence-corrected chi connectivity index (χ1v) is 6.75. The van der Waals surface area contributed by atoms with E-state index in [0.717, 1.165) is 5.56 Å². The van der Waals surface area contributed by atoms with Gasteiger partial charge >= 0.3 is 0 Å². The van der Waals surface area contributed by atoms with E-state index in [9.17, 15) is 4.79 Å². The summed E-state index contributed by atoms with van der Waals surface area (Å²) in [5.41, 5.74) is 0.992. The van der Waals surface area contributed by atoms with Crippen molar-refractivity contribution in [2.75, 3.05) is 6.54 Å². The SMILES string of the molecule is C=CC(=O)NCCc1cccc2c1Oc1ccccc1O2. The molecule has 0 atom stereocenters. The van der Waals surface area contributed by atoms with Gasteiger partial charge in [0.1, 0.15) is 0 Å². The summed E-state index contributed by atoms with van der Waals surface area (Å²) in [6.07, 6.45) is 1.92. The fourth-order valence-corrected chi connectivity index (χ4v) is 2.19. The van der Waals surface area contributed by atoms with Crippen LogP contribution in [0.25, 0.3) is 0 Å². The van der Waals surface area contributed by atoms with Gasteiger partial charge in [-0.1, -0.05) is 30.8 Å². The molecule has 3 rings (SSSR count). The number of hydrogen-bond donors (Lipinski definition) is 1. The van der Waals surface area contributed by atoms with Crippen LogP contribution >= 0.6 is 0 Å². The van der Waals surface area contributed by atoms with E-state index in [4.69, 9.17) is 9.47 Å². The van der Waals surface area contributed by atoms with E-state index in [1.807, 2.05) is 42.5 Å². The first-order chi connectivity index (χ1) is 10.3. The third-order valence-corrected chi connectivity index (χ3v) is 3.22. The van der Waals surface area contributed by atoms with E-state index in [-0.39, 0.29) is 5.91 Å². The molecule has 1 amide bonds. The van der Waals surface area contributed by atoms with Crippen molar-refractivity contribution in [2.45, 2.75) is 6.42 Å². The number of rotatable bonds is 4. The Kier molecular flexibility index (Phi) is 3.60. The minimum Gasteiger partial charge on any atom is -0.450 e. The standard InChI is InChI=1S/C17H15NO3/c1-2-16(19)18-11-10-12-6-5-9-15-17(12)21-14-8-4-3-7-13(14)20-15/h2-9H,1,10-11H2,(H,18,19). The average molecular weight is 281 g/mol. The molecule has 1 aliphatic rings. The number of amides is 1. The molecule has 106 valence electrons. The summed E-state index contributed by atoms with van der Waals surface area (Å²) in [5, 5.41) is 2.75. The Morgan fingerprint density at radius 3 is 2.52 bits per heavy atom. The zero-order chi connectivity index (χ0) is 14.7. The van der Waals surface area contributed by atoms with Gasteiger partial charge in [0.05, 0.1) is 0 Å². The van der Waals surface area contributed by atoms with Crippen LogP contribution in [-0.4, -0.2) is 12.5 Å². The second-order valence-electron chi connectivity index (χ2n) is 4.64. The molecule has 0 radical (unpaired) electrons. The summed E-state index contributed by atoms with van der Waals surface area (Å²) in [6, 6.07) is 13.3. The molecule has 4 heteroatoms. The Balaban J connectivity index is 1.79. The van der Waals surface area contributed by atoms with Gasteiger partial charge in [-0.15, -0.1) is 0 Å². The van der Waals surface area contributed by atoms with Gasteiger partial charge in [-0.2, -0.15) is 0 Å². The summed E-state index contributed by atoms with van der Waals surface area (Å²) in [6.45, 7) is 3.94. The number of benzene rings is 2. The summed E-state index contributed by atoms with van der Waals surface area (Å²) < 4.78 is 11.8. The number of para-hydroxylation sites is 3. The fraction of sp³-hybridized carbons (Fsp3) is 0.118. The van der Waals surface area contributed by atoms with Crippen molar-refractivity contribution in [3.63, 3.8) is 0 Å². The van der Waals surface area contributed by atoms with Crippen LogP contribution in [0, 0.1) is 0 Å². The van der Waals surface area contributed by atoms with Crippen molar-refractivity contribution < 1.29 is 14.3 Å². The van der Waals surface area contributed by atoms with Gasteiger partial charge in [-0.25, -0.2) is 0 Å². The quantitative estimate of drug-likeness (QED) is 0.745. The van der Waals surface area contributed by atoms with Gasteiger partial charge in [0.25, 0.3) is 0 Å². The number of carbonyl (C=O) groups excluding carboxylic acids is 1. The largest absolute Gasteiger partial charge is 0.450 e. The summed E-state index contributed by atoms with van der Waals surface area (Å²) in [4.78, 5) is 11.2. The van der Waals surface area contributed by atoms with E-state index >= 15 is 0 Å². The molecule has 1 aliphatic heterocycles. The predicted octanol–water partition coefficient (Wildman–Crippen LogP) is 3.43. The van der Waals surface area contributed by atoms with Crippen molar-refractivity contribution in [2.24, 2.45) is 0 Å². The Hall–Kier alpha value is -2.75. The molecule has 4 nitrogen and oxygen atoms in total. The number of nitrogens with one attached hydrogen (secondary N) is 1. The van der Waals surface area contributed by atoms with E-state index < -0.39 is 0 Å². The smallest absolute Gasteiger partial charge is 0.243 e. The second kappa shape index (κ2) is 5.71. The Bertz CT molecular complexity index is 694. The maximum absolute atomic E-state index is 11.2. The Morgan fingerprint density at radius 2 is 1.76 bits per heavy atom. The lowest BCUT2D eigenvalue weighted by Crippen LogP contribution is -2.23. The molecular formula is C17H15NO3. The van der Waals surface area contributed by atoms with Crippen molar-refractivity contribution in [3.8, 4) is 23.0 Å². The molecule has 0 aliphatic carbocycles. The molecule has 0 saturated heterocycles. The number of carbonyl (C=O) groups is 1. The summed E-state index contributed by atoms with van der Waals surface area (Å²) in [7, 11) is 0. The van der Waals surface area contributed by atoms with Gasteiger partial charge in [0.2, 0.25) is 5.91 Å². The number of hydrogen-bond acceptors (Lipinski definition) is 3. The highest BCUT2D eigenvalue weighted by atomic mass is 16.6. The van der Waals surface area contributed by atoms with Crippen LogP contribution in [-0.2, 0) is 11.2 Å². The summed E-state index contributed by atoms with van der Waals surface area (Å²) in [5.74, 6) is 2.64. The van der Waals surface area contributed by atoms with Crippen LogP contribution in [0.4, 0.5) is 0 Å². The Morgan fingerprint density at radius 1 is 1.05 bits per heavy atom. The minimum atomic E-state index is -0.178.